The van der Waals surface area contributed by atoms with Gasteiger partial charge in [-0.25, -0.2) is 0 Å². The summed E-state index contributed by atoms with van der Waals surface area (Å²) in [6, 6.07) is 5.87. The molecule has 0 radical (unpaired) electrons. The minimum absolute atomic E-state index is 0.0870. The van der Waals surface area contributed by atoms with E-state index in [0.29, 0.717) is 6.10 Å². The number of aromatic amines is 1. The second-order valence-corrected chi connectivity index (χ2v) is 4.64. The molecular formula is C14H15NO2. The molecule has 0 amide bonds. The fraction of sp³-hybridized carbons (Fsp3) is 0.357. The van der Waals surface area contributed by atoms with Gasteiger partial charge in [-0.1, -0.05) is 0 Å². The van der Waals surface area contributed by atoms with Crippen molar-refractivity contribution in [1.82, 2.24) is 4.98 Å². The van der Waals surface area contributed by atoms with E-state index in [1.807, 2.05) is 18.2 Å². The molecule has 0 bridgehead atoms. The lowest BCUT2D eigenvalue weighted by Gasteiger charge is -2.26. The normalized spacial score (nSPS) is 15.8. The third kappa shape index (κ3) is 1.82. The Balaban J connectivity index is 1.93. The molecule has 0 unspecified atom stereocenters. The number of H-pyrrole nitrogens is 1. The van der Waals surface area contributed by atoms with Crippen LogP contribution in [-0.2, 0) is 0 Å². The van der Waals surface area contributed by atoms with Gasteiger partial charge >= 0.3 is 0 Å². The maximum absolute atomic E-state index is 11.4. The first kappa shape index (κ1) is 10.4. The predicted octanol–water partition coefficient (Wildman–Crippen LogP) is 3.30. The summed E-state index contributed by atoms with van der Waals surface area (Å²) in [5.41, 5.74) is 1.71. The molecule has 3 heteroatoms. The van der Waals surface area contributed by atoms with Crippen LogP contribution in [0.25, 0.3) is 10.9 Å². The van der Waals surface area contributed by atoms with Crippen molar-refractivity contribution in [2.75, 3.05) is 0 Å². The first-order chi connectivity index (χ1) is 8.24. The summed E-state index contributed by atoms with van der Waals surface area (Å²) < 4.78 is 5.82. The summed E-state index contributed by atoms with van der Waals surface area (Å²) in [5, 5.41) is 0.971. The summed E-state index contributed by atoms with van der Waals surface area (Å²) >= 11 is 0. The van der Waals surface area contributed by atoms with E-state index in [1.165, 1.54) is 6.42 Å². The number of benzene rings is 1. The van der Waals surface area contributed by atoms with Crippen LogP contribution in [0.4, 0.5) is 0 Å². The van der Waals surface area contributed by atoms with E-state index in [0.717, 1.165) is 35.1 Å². The van der Waals surface area contributed by atoms with E-state index < -0.39 is 0 Å². The van der Waals surface area contributed by atoms with Crippen molar-refractivity contribution in [3.63, 3.8) is 0 Å². The molecule has 2 aromatic rings. The molecule has 0 saturated heterocycles. The van der Waals surface area contributed by atoms with Gasteiger partial charge in [0.1, 0.15) is 5.75 Å². The Hall–Kier alpha value is -1.77. The van der Waals surface area contributed by atoms with Crippen LogP contribution in [0.15, 0.2) is 24.4 Å². The van der Waals surface area contributed by atoms with Gasteiger partial charge in [0.25, 0.3) is 0 Å². The Kier molecular flexibility index (Phi) is 2.39. The highest BCUT2D eigenvalue weighted by atomic mass is 16.5. The predicted molar refractivity (Wildman–Crippen MR) is 66.6 cm³/mol. The molecule has 0 atom stereocenters. The van der Waals surface area contributed by atoms with E-state index >= 15 is 0 Å². The van der Waals surface area contributed by atoms with Gasteiger partial charge in [0, 0.05) is 28.7 Å². The molecule has 1 aromatic carbocycles. The number of ether oxygens (including phenoxy) is 1. The van der Waals surface area contributed by atoms with Crippen LogP contribution < -0.4 is 4.74 Å². The molecule has 88 valence electrons. The van der Waals surface area contributed by atoms with Gasteiger partial charge in [-0.2, -0.15) is 0 Å². The van der Waals surface area contributed by atoms with Crippen LogP contribution in [0.3, 0.4) is 0 Å². The molecule has 0 spiro atoms. The van der Waals surface area contributed by atoms with Crippen LogP contribution in [-0.4, -0.2) is 16.9 Å². The molecule has 1 aliphatic rings. The zero-order chi connectivity index (χ0) is 11.8. The van der Waals surface area contributed by atoms with Gasteiger partial charge in [0.05, 0.1) is 6.10 Å². The molecule has 1 aromatic heterocycles. The van der Waals surface area contributed by atoms with E-state index in [2.05, 4.69) is 4.98 Å². The van der Waals surface area contributed by atoms with Crippen molar-refractivity contribution < 1.29 is 9.53 Å². The molecule has 1 heterocycles. The van der Waals surface area contributed by atoms with Gasteiger partial charge in [-0.15, -0.1) is 0 Å². The Bertz CT molecular complexity index is 567. The van der Waals surface area contributed by atoms with Gasteiger partial charge in [0.15, 0.2) is 5.78 Å². The number of carbonyl (C=O) groups excluding carboxylic acids is 1. The number of nitrogens with one attached hydrogen (secondary N) is 1. The minimum atomic E-state index is 0.0870. The number of rotatable bonds is 3. The molecule has 1 fully saturated rings. The van der Waals surface area contributed by atoms with Crippen molar-refractivity contribution in [2.24, 2.45) is 0 Å². The Morgan fingerprint density at radius 2 is 2.24 bits per heavy atom. The van der Waals surface area contributed by atoms with Crippen LogP contribution in [0.5, 0.6) is 5.75 Å². The highest BCUT2D eigenvalue weighted by Gasteiger charge is 2.19. The first-order valence-electron chi connectivity index (χ1n) is 6.03. The number of hydrogen-bond donors (Lipinski definition) is 1. The zero-order valence-electron chi connectivity index (χ0n) is 9.82. The quantitative estimate of drug-likeness (QED) is 0.820. The Morgan fingerprint density at radius 1 is 1.41 bits per heavy atom. The van der Waals surface area contributed by atoms with Crippen LogP contribution in [0.1, 0.15) is 36.5 Å². The molecule has 17 heavy (non-hydrogen) atoms. The van der Waals surface area contributed by atoms with Crippen molar-refractivity contribution >= 4 is 16.7 Å². The third-order valence-corrected chi connectivity index (χ3v) is 3.39. The molecular weight excluding hydrogens is 214 g/mol. The number of Topliss-reactive ketones (excluding diaryl/α,β-unsaturated/α-hetero) is 1. The van der Waals surface area contributed by atoms with Gasteiger partial charge in [0.2, 0.25) is 0 Å². The second-order valence-electron chi connectivity index (χ2n) is 4.64. The largest absolute Gasteiger partial charge is 0.490 e. The molecule has 1 saturated carbocycles. The average Bonchev–Trinajstić information content (AvgIpc) is 2.66. The van der Waals surface area contributed by atoms with E-state index in [-0.39, 0.29) is 5.78 Å². The molecule has 3 rings (SSSR count). The van der Waals surface area contributed by atoms with Crippen LogP contribution in [0, 0.1) is 0 Å². The fourth-order valence-corrected chi connectivity index (χ4v) is 2.15. The maximum atomic E-state index is 11.4. The van der Waals surface area contributed by atoms with E-state index in [9.17, 15) is 4.79 Å². The van der Waals surface area contributed by atoms with Crippen molar-refractivity contribution in [1.29, 1.82) is 0 Å². The Morgan fingerprint density at radius 3 is 2.88 bits per heavy atom. The number of aromatic nitrogens is 1. The number of fused-ring (bicyclic) bond motifs is 1. The lowest BCUT2D eigenvalue weighted by molar-refractivity contribution is 0.101. The lowest BCUT2D eigenvalue weighted by Crippen LogP contribution is -2.24. The standard InChI is InChI=1S/C14H15NO2/c1-9(16)13-8-15-14-7-11(5-6-12(13)14)17-10-3-2-4-10/h5-8,10,15H,2-4H2,1H3. The second kappa shape index (κ2) is 3.91. The summed E-state index contributed by atoms with van der Waals surface area (Å²) in [5.74, 6) is 0.975. The minimum Gasteiger partial charge on any atom is -0.490 e. The van der Waals surface area contributed by atoms with Gasteiger partial charge in [-0.3, -0.25) is 4.79 Å². The SMILES string of the molecule is CC(=O)c1c[nH]c2cc(OC3CCC3)ccc12. The van der Waals surface area contributed by atoms with Gasteiger partial charge in [-0.05, 0) is 38.3 Å². The summed E-state index contributed by atoms with van der Waals surface area (Å²) in [7, 11) is 0. The summed E-state index contributed by atoms with van der Waals surface area (Å²) in [6.45, 7) is 1.58. The van der Waals surface area contributed by atoms with E-state index in [4.69, 9.17) is 4.74 Å². The zero-order valence-corrected chi connectivity index (χ0v) is 9.82. The number of ketones is 1. The van der Waals surface area contributed by atoms with Crippen LogP contribution >= 0.6 is 0 Å². The Labute approximate surface area is 99.8 Å². The fourth-order valence-electron chi connectivity index (χ4n) is 2.15. The maximum Gasteiger partial charge on any atom is 0.161 e. The van der Waals surface area contributed by atoms with Crippen LogP contribution in [0.2, 0.25) is 0 Å². The molecule has 3 nitrogen and oxygen atoms in total. The van der Waals surface area contributed by atoms with Crippen molar-refractivity contribution in [3.8, 4) is 5.75 Å². The highest BCUT2D eigenvalue weighted by Crippen LogP contribution is 2.28. The van der Waals surface area contributed by atoms with Crippen molar-refractivity contribution in [3.05, 3.63) is 30.0 Å². The third-order valence-electron chi connectivity index (χ3n) is 3.39. The summed E-state index contributed by atoms with van der Waals surface area (Å²) in [4.78, 5) is 14.5. The van der Waals surface area contributed by atoms with Crippen molar-refractivity contribution in [2.45, 2.75) is 32.3 Å². The molecule has 1 N–H and O–H groups in total. The topological polar surface area (TPSA) is 42.1 Å². The molecule has 1 aliphatic carbocycles. The average molecular weight is 229 g/mol. The smallest absolute Gasteiger partial charge is 0.161 e. The number of carbonyl (C=O) groups is 1. The summed E-state index contributed by atoms with van der Waals surface area (Å²) in [6.07, 6.45) is 5.72. The first-order valence-corrected chi connectivity index (χ1v) is 6.03. The molecule has 0 aliphatic heterocycles. The highest BCUT2D eigenvalue weighted by molar-refractivity contribution is 6.06. The lowest BCUT2D eigenvalue weighted by atomic mass is 9.96. The van der Waals surface area contributed by atoms with E-state index in [1.54, 1.807) is 13.1 Å². The number of hydrogen-bond acceptors (Lipinski definition) is 2. The van der Waals surface area contributed by atoms with Gasteiger partial charge < -0.3 is 9.72 Å². The monoisotopic (exact) mass is 229 g/mol.